The predicted molar refractivity (Wildman–Crippen MR) is 80.1 cm³/mol. The van der Waals surface area contributed by atoms with Crippen molar-refractivity contribution in [2.24, 2.45) is 11.7 Å². The summed E-state index contributed by atoms with van der Waals surface area (Å²) in [7, 11) is 1.81. The molecule has 0 spiro atoms. The highest BCUT2D eigenvalue weighted by Crippen LogP contribution is 2.33. The SMILES string of the molecule is CCc1ccc(C(N)C(OC)C2CCCCC2)cc1. The second kappa shape index (κ2) is 7.06. The van der Waals surface area contributed by atoms with Crippen LogP contribution in [0.3, 0.4) is 0 Å². The summed E-state index contributed by atoms with van der Waals surface area (Å²) >= 11 is 0. The van der Waals surface area contributed by atoms with Gasteiger partial charge in [0.15, 0.2) is 0 Å². The van der Waals surface area contributed by atoms with Gasteiger partial charge in [-0.15, -0.1) is 0 Å². The molecule has 0 amide bonds. The zero-order valence-electron chi connectivity index (χ0n) is 12.3. The standard InChI is InChI=1S/C17H27NO/c1-3-13-9-11-14(12-10-13)16(18)17(19-2)15-7-5-4-6-8-15/h9-12,15-17H,3-8,18H2,1-2H3. The van der Waals surface area contributed by atoms with Crippen LogP contribution in [0.15, 0.2) is 24.3 Å². The summed E-state index contributed by atoms with van der Waals surface area (Å²) in [5, 5.41) is 0. The van der Waals surface area contributed by atoms with Crippen LogP contribution >= 0.6 is 0 Å². The summed E-state index contributed by atoms with van der Waals surface area (Å²) < 4.78 is 5.74. The van der Waals surface area contributed by atoms with E-state index in [0.29, 0.717) is 5.92 Å². The Balaban J connectivity index is 2.07. The van der Waals surface area contributed by atoms with E-state index in [4.69, 9.17) is 10.5 Å². The fraction of sp³-hybridized carbons (Fsp3) is 0.647. The van der Waals surface area contributed by atoms with Crippen LogP contribution in [-0.2, 0) is 11.2 Å². The third kappa shape index (κ3) is 3.58. The lowest BCUT2D eigenvalue weighted by molar-refractivity contribution is 0.0173. The van der Waals surface area contributed by atoms with Crippen LogP contribution in [0.25, 0.3) is 0 Å². The number of hydrogen-bond acceptors (Lipinski definition) is 2. The van der Waals surface area contributed by atoms with E-state index in [2.05, 4.69) is 31.2 Å². The first-order valence-electron chi connectivity index (χ1n) is 7.63. The van der Waals surface area contributed by atoms with Crippen LogP contribution in [-0.4, -0.2) is 13.2 Å². The summed E-state index contributed by atoms with van der Waals surface area (Å²) in [6, 6.07) is 8.70. The molecule has 0 heterocycles. The maximum atomic E-state index is 6.45. The lowest BCUT2D eigenvalue weighted by atomic mass is 9.81. The minimum Gasteiger partial charge on any atom is -0.379 e. The maximum absolute atomic E-state index is 6.45. The predicted octanol–water partition coefficient (Wildman–Crippen LogP) is 3.84. The Morgan fingerprint density at radius 2 is 1.79 bits per heavy atom. The van der Waals surface area contributed by atoms with Gasteiger partial charge in [0.2, 0.25) is 0 Å². The van der Waals surface area contributed by atoms with Gasteiger partial charge in [0.05, 0.1) is 12.1 Å². The Bertz CT molecular complexity index is 367. The molecule has 2 unspecified atom stereocenters. The second-order valence-corrected chi connectivity index (χ2v) is 5.72. The van der Waals surface area contributed by atoms with Gasteiger partial charge in [0.25, 0.3) is 0 Å². The van der Waals surface area contributed by atoms with Crippen molar-refractivity contribution in [1.82, 2.24) is 0 Å². The Hall–Kier alpha value is -0.860. The molecule has 0 aliphatic heterocycles. The number of benzene rings is 1. The Kier molecular flexibility index (Phi) is 5.41. The third-order valence-electron chi connectivity index (χ3n) is 4.51. The van der Waals surface area contributed by atoms with Gasteiger partial charge in [0, 0.05) is 7.11 Å². The Labute approximate surface area is 117 Å². The summed E-state index contributed by atoms with van der Waals surface area (Å²) in [4.78, 5) is 0. The first kappa shape index (κ1) is 14.5. The Morgan fingerprint density at radius 3 is 2.32 bits per heavy atom. The normalized spacial score (nSPS) is 20.2. The molecule has 19 heavy (non-hydrogen) atoms. The quantitative estimate of drug-likeness (QED) is 0.874. The van der Waals surface area contributed by atoms with Crippen molar-refractivity contribution in [2.75, 3.05) is 7.11 Å². The number of ether oxygens (including phenoxy) is 1. The molecule has 0 aromatic heterocycles. The van der Waals surface area contributed by atoms with Crippen molar-refractivity contribution in [3.63, 3.8) is 0 Å². The van der Waals surface area contributed by atoms with Gasteiger partial charge in [-0.25, -0.2) is 0 Å². The van der Waals surface area contributed by atoms with Crippen molar-refractivity contribution < 1.29 is 4.74 Å². The molecule has 2 nitrogen and oxygen atoms in total. The van der Waals surface area contributed by atoms with Crippen molar-refractivity contribution >= 4 is 0 Å². The van der Waals surface area contributed by atoms with Crippen molar-refractivity contribution in [3.8, 4) is 0 Å². The molecule has 1 fully saturated rings. The summed E-state index contributed by atoms with van der Waals surface area (Å²) in [5.74, 6) is 0.625. The third-order valence-corrected chi connectivity index (χ3v) is 4.51. The second-order valence-electron chi connectivity index (χ2n) is 5.72. The largest absolute Gasteiger partial charge is 0.379 e. The van der Waals surface area contributed by atoms with Gasteiger partial charge in [0.1, 0.15) is 0 Å². The van der Waals surface area contributed by atoms with E-state index in [0.717, 1.165) is 6.42 Å². The number of rotatable bonds is 5. The lowest BCUT2D eigenvalue weighted by Gasteiger charge is -2.33. The fourth-order valence-corrected chi connectivity index (χ4v) is 3.26. The van der Waals surface area contributed by atoms with Gasteiger partial charge in [-0.3, -0.25) is 0 Å². The fourth-order valence-electron chi connectivity index (χ4n) is 3.26. The van der Waals surface area contributed by atoms with E-state index in [1.54, 1.807) is 7.11 Å². The van der Waals surface area contributed by atoms with Crippen LogP contribution < -0.4 is 5.73 Å². The van der Waals surface area contributed by atoms with Crippen LogP contribution in [0.2, 0.25) is 0 Å². The molecule has 1 aromatic rings. The van der Waals surface area contributed by atoms with Crippen LogP contribution in [0, 0.1) is 5.92 Å². The number of methoxy groups -OCH3 is 1. The zero-order chi connectivity index (χ0) is 13.7. The molecule has 106 valence electrons. The number of hydrogen-bond donors (Lipinski definition) is 1. The van der Waals surface area contributed by atoms with Crippen molar-refractivity contribution in [2.45, 2.75) is 57.6 Å². The molecule has 2 heteroatoms. The van der Waals surface area contributed by atoms with Crippen molar-refractivity contribution in [3.05, 3.63) is 35.4 Å². The zero-order valence-corrected chi connectivity index (χ0v) is 12.3. The molecule has 0 saturated heterocycles. The van der Waals surface area contributed by atoms with Gasteiger partial charge < -0.3 is 10.5 Å². The van der Waals surface area contributed by atoms with Gasteiger partial charge >= 0.3 is 0 Å². The molecule has 0 radical (unpaired) electrons. The summed E-state index contributed by atoms with van der Waals surface area (Å²) in [6.07, 6.45) is 7.78. The highest BCUT2D eigenvalue weighted by molar-refractivity contribution is 5.25. The maximum Gasteiger partial charge on any atom is 0.0791 e. The highest BCUT2D eigenvalue weighted by atomic mass is 16.5. The first-order valence-corrected chi connectivity index (χ1v) is 7.63. The first-order chi connectivity index (χ1) is 9.26. The van der Waals surface area contributed by atoms with Gasteiger partial charge in [-0.2, -0.15) is 0 Å². The molecule has 0 bridgehead atoms. The van der Waals surface area contributed by atoms with Crippen molar-refractivity contribution in [1.29, 1.82) is 0 Å². The van der Waals surface area contributed by atoms with E-state index in [1.807, 2.05) is 0 Å². The van der Waals surface area contributed by atoms with E-state index in [9.17, 15) is 0 Å². The molecule has 2 N–H and O–H groups in total. The molecular formula is C17H27NO. The molecule has 1 saturated carbocycles. The minimum absolute atomic E-state index is 0.000920. The van der Waals surface area contributed by atoms with E-state index < -0.39 is 0 Å². The van der Waals surface area contributed by atoms with Crippen LogP contribution in [0.1, 0.15) is 56.2 Å². The molecule has 2 rings (SSSR count). The monoisotopic (exact) mass is 261 g/mol. The van der Waals surface area contributed by atoms with E-state index in [-0.39, 0.29) is 12.1 Å². The lowest BCUT2D eigenvalue weighted by Crippen LogP contribution is -2.35. The highest BCUT2D eigenvalue weighted by Gasteiger charge is 2.29. The van der Waals surface area contributed by atoms with E-state index >= 15 is 0 Å². The van der Waals surface area contributed by atoms with Crippen LogP contribution in [0.4, 0.5) is 0 Å². The molecular weight excluding hydrogens is 234 g/mol. The molecule has 2 atom stereocenters. The van der Waals surface area contributed by atoms with Gasteiger partial charge in [-0.05, 0) is 36.3 Å². The topological polar surface area (TPSA) is 35.2 Å². The molecule has 1 aromatic carbocycles. The Morgan fingerprint density at radius 1 is 1.16 bits per heavy atom. The average Bonchev–Trinajstić information content (AvgIpc) is 2.49. The molecule has 1 aliphatic carbocycles. The summed E-state index contributed by atoms with van der Waals surface area (Å²) in [6.45, 7) is 2.18. The van der Waals surface area contributed by atoms with Gasteiger partial charge in [-0.1, -0.05) is 50.5 Å². The number of aryl methyl sites for hydroxylation is 1. The average molecular weight is 261 g/mol. The van der Waals surface area contributed by atoms with Crippen LogP contribution in [0.5, 0.6) is 0 Å². The smallest absolute Gasteiger partial charge is 0.0791 e. The molecule has 1 aliphatic rings. The van der Waals surface area contributed by atoms with E-state index in [1.165, 1.54) is 43.2 Å². The number of nitrogens with two attached hydrogens (primary N) is 1. The summed E-state index contributed by atoms with van der Waals surface area (Å²) in [5.41, 5.74) is 9.01. The minimum atomic E-state index is -0.000920.